The molecule has 1 amide bonds. The smallest absolute Gasteiger partial charge is 0.416 e. The number of halogens is 4. The molecule has 1 fully saturated rings. The highest BCUT2D eigenvalue weighted by atomic mass is 79.9. The first-order valence-corrected chi connectivity index (χ1v) is 10.5. The van der Waals surface area contributed by atoms with Gasteiger partial charge in [-0.2, -0.15) is 13.2 Å². The van der Waals surface area contributed by atoms with Gasteiger partial charge in [0.15, 0.2) is 5.60 Å². The van der Waals surface area contributed by atoms with Gasteiger partial charge in [-0.1, -0.05) is 15.9 Å². The maximum atomic E-state index is 13.0. The van der Waals surface area contributed by atoms with Crippen LogP contribution in [0.5, 0.6) is 5.75 Å². The second-order valence-corrected chi connectivity index (χ2v) is 8.72. The average molecular weight is 516 g/mol. The van der Waals surface area contributed by atoms with E-state index in [1.54, 1.807) is 47.9 Å². The van der Waals surface area contributed by atoms with Crippen LogP contribution in [0.15, 0.2) is 46.9 Å². The molecule has 2 aromatic rings. The molecule has 0 radical (unpaired) electrons. The van der Waals surface area contributed by atoms with Gasteiger partial charge < -0.3 is 14.5 Å². The number of nitro groups is 1. The summed E-state index contributed by atoms with van der Waals surface area (Å²) in [6, 6.07) is 9.55. The minimum atomic E-state index is -4.67. The first-order valence-electron chi connectivity index (χ1n) is 9.73. The fraction of sp³-hybridized carbons (Fsp3) is 0.381. The second-order valence-electron chi connectivity index (χ2n) is 7.80. The fourth-order valence-electron chi connectivity index (χ4n) is 3.49. The summed E-state index contributed by atoms with van der Waals surface area (Å²) in [5.41, 5.74) is -2.73. The summed E-state index contributed by atoms with van der Waals surface area (Å²) < 4.78 is 45.6. The van der Waals surface area contributed by atoms with E-state index < -0.39 is 28.0 Å². The van der Waals surface area contributed by atoms with Crippen LogP contribution in [0, 0.1) is 10.1 Å². The highest BCUT2D eigenvalue weighted by molar-refractivity contribution is 9.10. The highest BCUT2D eigenvalue weighted by Crippen LogP contribution is 2.37. The predicted molar refractivity (Wildman–Crippen MR) is 116 cm³/mol. The van der Waals surface area contributed by atoms with Crippen molar-refractivity contribution < 1.29 is 27.6 Å². The molecular weight excluding hydrogens is 495 g/mol. The molecule has 3 rings (SSSR count). The van der Waals surface area contributed by atoms with Gasteiger partial charge in [0.05, 0.1) is 10.5 Å². The number of alkyl halides is 3. The van der Waals surface area contributed by atoms with Gasteiger partial charge in [-0.25, -0.2) is 0 Å². The third-order valence-corrected chi connectivity index (χ3v) is 5.64. The van der Waals surface area contributed by atoms with Crippen LogP contribution in [0.25, 0.3) is 0 Å². The van der Waals surface area contributed by atoms with Crippen molar-refractivity contribution in [2.45, 2.75) is 25.6 Å². The van der Waals surface area contributed by atoms with Crippen molar-refractivity contribution in [3.8, 4) is 5.75 Å². The lowest BCUT2D eigenvalue weighted by atomic mass is 10.1. The maximum Gasteiger partial charge on any atom is 0.416 e. The molecular formula is C21H21BrF3N3O4. The molecule has 32 heavy (non-hydrogen) atoms. The normalized spacial score (nSPS) is 14.9. The zero-order valence-electron chi connectivity index (χ0n) is 17.4. The Labute approximate surface area is 191 Å². The monoisotopic (exact) mass is 515 g/mol. The number of piperazine rings is 1. The Bertz CT molecular complexity index is 1000. The predicted octanol–water partition coefficient (Wildman–Crippen LogP) is 4.88. The molecule has 1 heterocycles. The van der Waals surface area contributed by atoms with E-state index in [0.717, 1.165) is 16.6 Å². The number of nitro benzene ring substituents is 1. The molecule has 0 atom stereocenters. The Balaban J connectivity index is 1.70. The SMILES string of the molecule is CC(C)(Oc1ccc(Br)cc1)C(=O)N1CCN(c2ccc(C(F)(F)F)cc2[N+](=O)[O-])CC1. The van der Waals surface area contributed by atoms with Gasteiger partial charge in [0.2, 0.25) is 0 Å². The molecule has 172 valence electrons. The molecule has 0 aromatic heterocycles. The number of hydrogen-bond donors (Lipinski definition) is 0. The van der Waals surface area contributed by atoms with Crippen LogP contribution in [-0.4, -0.2) is 47.5 Å². The third kappa shape index (κ3) is 5.32. The summed E-state index contributed by atoms with van der Waals surface area (Å²) in [5, 5.41) is 11.4. The first-order chi connectivity index (χ1) is 14.9. The van der Waals surface area contributed by atoms with E-state index in [0.29, 0.717) is 11.8 Å². The van der Waals surface area contributed by atoms with E-state index in [2.05, 4.69) is 15.9 Å². The van der Waals surface area contributed by atoms with Crippen molar-refractivity contribution in [1.29, 1.82) is 0 Å². The number of benzene rings is 2. The second kappa shape index (κ2) is 8.97. The first kappa shape index (κ1) is 23.8. The third-order valence-electron chi connectivity index (χ3n) is 5.11. The number of nitrogens with zero attached hydrogens (tertiary/aromatic N) is 3. The number of ether oxygens (including phenoxy) is 1. The zero-order chi connectivity index (χ0) is 23.7. The Morgan fingerprint density at radius 3 is 2.19 bits per heavy atom. The van der Waals surface area contributed by atoms with Crippen molar-refractivity contribution in [2.75, 3.05) is 31.1 Å². The number of amides is 1. The average Bonchev–Trinajstić information content (AvgIpc) is 2.73. The lowest BCUT2D eigenvalue weighted by Crippen LogP contribution is -2.55. The summed E-state index contributed by atoms with van der Waals surface area (Å²) in [4.78, 5) is 26.8. The van der Waals surface area contributed by atoms with Crippen LogP contribution in [0.1, 0.15) is 19.4 Å². The minimum Gasteiger partial charge on any atom is -0.478 e. The quantitative estimate of drug-likeness (QED) is 0.418. The van der Waals surface area contributed by atoms with Gasteiger partial charge in [-0.15, -0.1) is 0 Å². The van der Waals surface area contributed by atoms with Gasteiger partial charge in [0.1, 0.15) is 11.4 Å². The van der Waals surface area contributed by atoms with Crippen molar-refractivity contribution >= 4 is 33.2 Å². The van der Waals surface area contributed by atoms with E-state index >= 15 is 0 Å². The number of anilines is 1. The number of rotatable bonds is 5. The van der Waals surface area contributed by atoms with Crippen molar-refractivity contribution in [3.63, 3.8) is 0 Å². The summed E-state index contributed by atoms with van der Waals surface area (Å²) in [7, 11) is 0. The molecule has 0 unspecified atom stereocenters. The number of hydrogen-bond acceptors (Lipinski definition) is 5. The van der Waals surface area contributed by atoms with Crippen LogP contribution in [0.3, 0.4) is 0 Å². The molecule has 0 spiro atoms. The topological polar surface area (TPSA) is 75.9 Å². The molecule has 0 bridgehead atoms. The van der Waals surface area contributed by atoms with Crippen molar-refractivity contribution in [2.24, 2.45) is 0 Å². The molecule has 1 saturated heterocycles. The summed E-state index contributed by atoms with van der Waals surface area (Å²) in [5.74, 6) is 0.285. The summed E-state index contributed by atoms with van der Waals surface area (Å²) in [6.07, 6.45) is -4.67. The van der Waals surface area contributed by atoms with Crippen molar-refractivity contribution in [1.82, 2.24) is 4.90 Å². The Kier molecular flexibility index (Phi) is 6.68. The minimum absolute atomic E-state index is 0.0977. The zero-order valence-corrected chi connectivity index (χ0v) is 18.9. The number of carbonyl (C=O) groups excluding carboxylic acids is 1. The number of carbonyl (C=O) groups is 1. The Morgan fingerprint density at radius 1 is 1.06 bits per heavy atom. The van der Waals surface area contributed by atoms with Crippen LogP contribution in [-0.2, 0) is 11.0 Å². The lowest BCUT2D eigenvalue weighted by Gasteiger charge is -2.39. The van der Waals surface area contributed by atoms with Gasteiger partial charge >= 0.3 is 6.18 Å². The maximum absolute atomic E-state index is 13.0. The molecule has 0 aliphatic carbocycles. The van der Waals surface area contributed by atoms with Crippen molar-refractivity contribution in [3.05, 3.63) is 62.6 Å². The van der Waals surface area contributed by atoms with Gasteiger partial charge in [0.25, 0.3) is 11.6 Å². The molecule has 0 N–H and O–H groups in total. The van der Waals surface area contributed by atoms with Crippen LogP contribution < -0.4 is 9.64 Å². The van der Waals surface area contributed by atoms with Gasteiger partial charge in [0, 0.05) is 36.7 Å². The van der Waals surface area contributed by atoms with E-state index in [1.165, 1.54) is 0 Å². The molecule has 1 aliphatic rings. The highest BCUT2D eigenvalue weighted by Gasteiger charge is 2.37. The van der Waals surface area contributed by atoms with E-state index in [-0.39, 0.29) is 37.8 Å². The van der Waals surface area contributed by atoms with Gasteiger partial charge in [-0.3, -0.25) is 14.9 Å². The molecule has 11 heteroatoms. The Hall–Kier alpha value is -2.82. The lowest BCUT2D eigenvalue weighted by molar-refractivity contribution is -0.384. The standard InChI is InChI=1S/C21H21BrF3N3O4/c1-20(2,32-16-6-4-15(22)5-7-16)19(29)27-11-9-26(10-12-27)17-8-3-14(21(23,24)25)13-18(17)28(30)31/h3-8,13H,9-12H2,1-2H3. The van der Waals surface area contributed by atoms with Crippen LogP contribution in [0.4, 0.5) is 24.5 Å². The summed E-state index contributed by atoms with van der Waals surface area (Å²) >= 11 is 3.34. The van der Waals surface area contributed by atoms with E-state index in [4.69, 9.17) is 4.74 Å². The molecule has 7 nitrogen and oxygen atoms in total. The largest absolute Gasteiger partial charge is 0.478 e. The fourth-order valence-corrected chi connectivity index (χ4v) is 3.75. The van der Waals surface area contributed by atoms with E-state index in [9.17, 15) is 28.1 Å². The Morgan fingerprint density at radius 2 is 1.66 bits per heavy atom. The van der Waals surface area contributed by atoms with Gasteiger partial charge in [-0.05, 0) is 50.2 Å². The molecule has 1 aliphatic heterocycles. The molecule has 0 saturated carbocycles. The molecule has 2 aromatic carbocycles. The van der Waals surface area contributed by atoms with Crippen LogP contribution in [0.2, 0.25) is 0 Å². The van der Waals surface area contributed by atoms with Crippen LogP contribution >= 0.6 is 15.9 Å². The summed E-state index contributed by atoms with van der Waals surface area (Å²) in [6.45, 7) is 4.31. The van der Waals surface area contributed by atoms with E-state index in [1.807, 2.05) is 0 Å².